The number of carbonyl (C=O) groups excluding carboxylic acids is 1. The molecule has 0 aliphatic heterocycles. The Morgan fingerprint density at radius 2 is 1.71 bits per heavy atom. The molecule has 0 saturated carbocycles. The zero-order valence-electron chi connectivity index (χ0n) is 12.1. The fourth-order valence-corrected chi connectivity index (χ4v) is 2.67. The van der Waals surface area contributed by atoms with Gasteiger partial charge in [-0.2, -0.15) is 0 Å². The predicted molar refractivity (Wildman–Crippen MR) is 83.5 cm³/mol. The van der Waals surface area contributed by atoms with Crippen molar-refractivity contribution in [2.45, 2.75) is 20.3 Å². The molecule has 21 heavy (non-hydrogen) atoms. The molecule has 0 fully saturated rings. The first kappa shape index (κ1) is 13.4. The molecule has 0 aliphatic rings. The smallest absolute Gasteiger partial charge is 0.169 e. The molecule has 1 aromatic heterocycles. The number of fused-ring (bicyclic) bond motifs is 1. The highest BCUT2D eigenvalue weighted by Crippen LogP contribution is 2.17. The van der Waals surface area contributed by atoms with Gasteiger partial charge in [-0.3, -0.25) is 14.8 Å². The third-order valence-electron chi connectivity index (χ3n) is 3.45. The lowest BCUT2D eigenvalue weighted by atomic mass is 9.99. The first-order chi connectivity index (χ1) is 10.1. The second-order valence-corrected chi connectivity index (χ2v) is 5.33. The highest BCUT2D eigenvalue weighted by molar-refractivity contribution is 6.06. The number of Topliss-reactive ketones (excluding diaryl/α,β-unsaturated/α-hetero) is 1. The third-order valence-corrected chi connectivity index (χ3v) is 3.45. The van der Waals surface area contributed by atoms with E-state index in [9.17, 15) is 4.79 Å². The average molecular weight is 276 g/mol. The van der Waals surface area contributed by atoms with Gasteiger partial charge in [-0.25, -0.2) is 0 Å². The van der Waals surface area contributed by atoms with Crippen molar-refractivity contribution in [1.29, 1.82) is 0 Å². The van der Waals surface area contributed by atoms with Gasteiger partial charge in [-0.05, 0) is 31.5 Å². The van der Waals surface area contributed by atoms with Gasteiger partial charge in [0.05, 0.1) is 11.0 Å². The Morgan fingerprint density at radius 1 is 1.00 bits per heavy atom. The average Bonchev–Trinajstić information content (AvgIpc) is 2.45. The van der Waals surface area contributed by atoms with Crippen LogP contribution in [0.3, 0.4) is 0 Å². The van der Waals surface area contributed by atoms with E-state index in [0.717, 1.165) is 11.1 Å². The summed E-state index contributed by atoms with van der Waals surface area (Å²) < 4.78 is 0. The van der Waals surface area contributed by atoms with Gasteiger partial charge in [-0.15, -0.1) is 0 Å². The van der Waals surface area contributed by atoms with Crippen LogP contribution in [0.2, 0.25) is 0 Å². The van der Waals surface area contributed by atoms with Crippen LogP contribution in [0.4, 0.5) is 0 Å². The van der Waals surface area contributed by atoms with Crippen molar-refractivity contribution in [1.82, 2.24) is 9.97 Å². The number of para-hydroxylation sites is 1. The summed E-state index contributed by atoms with van der Waals surface area (Å²) in [5.74, 6) is 0.0751. The molecule has 3 aromatic rings. The minimum absolute atomic E-state index is 0.0751. The fourth-order valence-electron chi connectivity index (χ4n) is 2.67. The van der Waals surface area contributed by atoms with Crippen molar-refractivity contribution >= 4 is 16.8 Å². The van der Waals surface area contributed by atoms with Gasteiger partial charge in [0.2, 0.25) is 0 Å². The largest absolute Gasteiger partial charge is 0.294 e. The molecule has 0 amide bonds. The van der Waals surface area contributed by atoms with Crippen molar-refractivity contribution in [3.8, 4) is 0 Å². The molecule has 0 unspecified atom stereocenters. The molecule has 0 aliphatic carbocycles. The normalized spacial score (nSPS) is 10.8. The zero-order valence-corrected chi connectivity index (χ0v) is 12.1. The SMILES string of the molecule is Cc1cc(C)cc(CC(=O)c2cccc3nccnc23)c1. The van der Waals surface area contributed by atoms with Crippen LogP contribution in [0.15, 0.2) is 48.8 Å². The van der Waals surface area contributed by atoms with Gasteiger partial charge in [0.25, 0.3) is 0 Å². The fraction of sp³-hybridized carbons (Fsp3) is 0.167. The summed E-state index contributed by atoms with van der Waals surface area (Å²) >= 11 is 0. The van der Waals surface area contributed by atoms with E-state index in [2.05, 4.69) is 28.2 Å². The van der Waals surface area contributed by atoms with Gasteiger partial charge in [0, 0.05) is 24.4 Å². The lowest BCUT2D eigenvalue weighted by molar-refractivity contribution is 0.0994. The van der Waals surface area contributed by atoms with Crippen LogP contribution in [-0.4, -0.2) is 15.8 Å². The van der Waals surface area contributed by atoms with E-state index in [1.54, 1.807) is 12.4 Å². The Balaban J connectivity index is 1.97. The van der Waals surface area contributed by atoms with Crippen LogP contribution in [0.1, 0.15) is 27.0 Å². The molecular weight excluding hydrogens is 260 g/mol. The Kier molecular flexibility index (Phi) is 3.48. The van der Waals surface area contributed by atoms with Crippen molar-refractivity contribution < 1.29 is 4.79 Å². The molecule has 1 heterocycles. The van der Waals surface area contributed by atoms with Crippen molar-refractivity contribution in [3.05, 3.63) is 71.0 Å². The standard InChI is InChI=1S/C18H16N2O/c1-12-8-13(2)10-14(9-12)11-17(21)15-4-3-5-16-18(15)20-7-6-19-16/h3-10H,11H2,1-2H3. The maximum atomic E-state index is 12.6. The minimum atomic E-state index is 0.0751. The maximum absolute atomic E-state index is 12.6. The zero-order chi connectivity index (χ0) is 14.8. The molecule has 0 atom stereocenters. The summed E-state index contributed by atoms with van der Waals surface area (Å²) in [5.41, 5.74) is 5.46. The van der Waals surface area contributed by atoms with Gasteiger partial charge in [0.1, 0.15) is 0 Å². The Bertz CT molecular complexity index is 799. The van der Waals surface area contributed by atoms with Crippen LogP contribution in [0.25, 0.3) is 11.0 Å². The quantitative estimate of drug-likeness (QED) is 0.685. The van der Waals surface area contributed by atoms with E-state index in [-0.39, 0.29) is 5.78 Å². The second kappa shape index (κ2) is 5.44. The lowest BCUT2D eigenvalue weighted by Gasteiger charge is -2.06. The van der Waals surface area contributed by atoms with Crippen LogP contribution in [-0.2, 0) is 6.42 Å². The topological polar surface area (TPSA) is 42.9 Å². The molecule has 3 rings (SSSR count). The summed E-state index contributed by atoms with van der Waals surface area (Å²) in [6.07, 6.45) is 3.65. The predicted octanol–water partition coefficient (Wildman–Crippen LogP) is 3.67. The Hall–Kier alpha value is -2.55. The molecule has 2 aromatic carbocycles. The number of hydrogen-bond acceptors (Lipinski definition) is 3. The molecule has 0 bridgehead atoms. The monoisotopic (exact) mass is 276 g/mol. The number of ketones is 1. The van der Waals surface area contributed by atoms with E-state index < -0.39 is 0 Å². The molecular formula is C18H16N2O. The summed E-state index contributed by atoms with van der Waals surface area (Å²) in [6, 6.07) is 11.8. The van der Waals surface area contributed by atoms with Crippen molar-refractivity contribution in [3.63, 3.8) is 0 Å². The van der Waals surface area contributed by atoms with E-state index in [1.165, 1.54) is 11.1 Å². The molecule has 3 nitrogen and oxygen atoms in total. The van der Waals surface area contributed by atoms with E-state index in [1.807, 2.05) is 32.0 Å². The molecule has 0 N–H and O–H groups in total. The number of carbonyl (C=O) groups is 1. The van der Waals surface area contributed by atoms with Crippen molar-refractivity contribution in [2.75, 3.05) is 0 Å². The number of benzene rings is 2. The van der Waals surface area contributed by atoms with Crippen LogP contribution < -0.4 is 0 Å². The maximum Gasteiger partial charge on any atom is 0.169 e. The molecule has 0 saturated heterocycles. The second-order valence-electron chi connectivity index (χ2n) is 5.33. The molecule has 0 spiro atoms. The van der Waals surface area contributed by atoms with Crippen LogP contribution >= 0.6 is 0 Å². The van der Waals surface area contributed by atoms with E-state index in [4.69, 9.17) is 0 Å². The number of aryl methyl sites for hydroxylation is 2. The summed E-state index contributed by atoms with van der Waals surface area (Å²) in [6.45, 7) is 4.09. The summed E-state index contributed by atoms with van der Waals surface area (Å²) in [7, 11) is 0. The molecule has 104 valence electrons. The van der Waals surface area contributed by atoms with Gasteiger partial charge >= 0.3 is 0 Å². The number of nitrogens with zero attached hydrogens (tertiary/aromatic N) is 2. The van der Waals surface area contributed by atoms with Gasteiger partial charge in [0.15, 0.2) is 5.78 Å². The highest BCUT2D eigenvalue weighted by Gasteiger charge is 2.12. The van der Waals surface area contributed by atoms with E-state index in [0.29, 0.717) is 17.5 Å². The van der Waals surface area contributed by atoms with E-state index >= 15 is 0 Å². The highest BCUT2D eigenvalue weighted by atomic mass is 16.1. The van der Waals surface area contributed by atoms with Crippen molar-refractivity contribution in [2.24, 2.45) is 0 Å². The first-order valence-corrected chi connectivity index (χ1v) is 6.93. The van der Waals surface area contributed by atoms with Crippen LogP contribution in [0.5, 0.6) is 0 Å². The number of aromatic nitrogens is 2. The van der Waals surface area contributed by atoms with Crippen LogP contribution in [0, 0.1) is 13.8 Å². The number of hydrogen-bond donors (Lipinski definition) is 0. The summed E-state index contributed by atoms with van der Waals surface area (Å²) in [5, 5.41) is 0. The molecule has 3 heteroatoms. The lowest BCUT2D eigenvalue weighted by Crippen LogP contribution is -2.06. The Morgan fingerprint density at radius 3 is 2.48 bits per heavy atom. The number of rotatable bonds is 3. The van der Waals surface area contributed by atoms with Gasteiger partial charge in [-0.1, -0.05) is 35.4 Å². The third kappa shape index (κ3) is 2.82. The minimum Gasteiger partial charge on any atom is -0.294 e. The van der Waals surface area contributed by atoms with Gasteiger partial charge < -0.3 is 0 Å². The molecule has 0 radical (unpaired) electrons. The first-order valence-electron chi connectivity index (χ1n) is 6.93. The Labute approximate surface area is 123 Å². The summed E-state index contributed by atoms with van der Waals surface area (Å²) in [4.78, 5) is 21.1.